The molecule has 3 nitrogen and oxygen atoms in total. The van der Waals surface area contributed by atoms with Crippen molar-refractivity contribution in [3.8, 4) is 0 Å². The van der Waals surface area contributed by atoms with Crippen molar-refractivity contribution in [2.75, 3.05) is 7.11 Å². The highest BCUT2D eigenvalue weighted by molar-refractivity contribution is 6.01. The second kappa shape index (κ2) is 4.47. The summed E-state index contributed by atoms with van der Waals surface area (Å²) in [5.74, 6) is -1.02. The molecule has 2 atom stereocenters. The lowest BCUT2D eigenvalue weighted by Crippen LogP contribution is -2.25. The predicted molar refractivity (Wildman–Crippen MR) is 58.9 cm³/mol. The van der Waals surface area contributed by atoms with Crippen molar-refractivity contribution in [2.24, 2.45) is 5.92 Å². The lowest BCUT2D eigenvalue weighted by Gasteiger charge is -2.16. The van der Waals surface area contributed by atoms with Gasteiger partial charge < -0.3 is 4.74 Å². The molecule has 0 heterocycles. The summed E-state index contributed by atoms with van der Waals surface area (Å²) in [5, 5.41) is 0. The summed E-state index contributed by atoms with van der Waals surface area (Å²) < 4.78 is 4.70. The minimum absolute atomic E-state index is 0.000651. The minimum Gasteiger partial charge on any atom is -0.468 e. The Labute approximate surface area is 94.4 Å². The molecule has 2 rings (SSSR count). The van der Waals surface area contributed by atoms with Crippen molar-refractivity contribution >= 4 is 11.8 Å². The molecule has 1 saturated carbocycles. The predicted octanol–water partition coefficient (Wildman–Crippen LogP) is 1.92. The van der Waals surface area contributed by atoms with Crippen molar-refractivity contribution in [2.45, 2.75) is 18.8 Å². The van der Waals surface area contributed by atoms with Gasteiger partial charge in [0.1, 0.15) is 11.7 Å². The third-order valence-corrected chi connectivity index (χ3v) is 3.13. The molecule has 0 N–H and O–H groups in total. The quantitative estimate of drug-likeness (QED) is 0.562. The van der Waals surface area contributed by atoms with Crippen LogP contribution in [0.15, 0.2) is 30.3 Å². The summed E-state index contributed by atoms with van der Waals surface area (Å²) in [5.41, 5.74) is 1.05. The number of ether oxygens (including phenoxy) is 1. The number of esters is 1. The van der Waals surface area contributed by atoms with Gasteiger partial charge in [-0.15, -0.1) is 0 Å². The van der Waals surface area contributed by atoms with E-state index >= 15 is 0 Å². The lowest BCUT2D eigenvalue weighted by atomic mass is 9.89. The molecule has 1 aromatic rings. The summed E-state index contributed by atoms with van der Waals surface area (Å²) in [6.07, 6.45) is 1.21. The average molecular weight is 218 g/mol. The van der Waals surface area contributed by atoms with Gasteiger partial charge in [0.2, 0.25) is 0 Å². The van der Waals surface area contributed by atoms with Crippen LogP contribution in [0, 0.1) is 5.92 Å². The van der Waals surface area contributed by atoms with Gasteiger partial charge in [-0.3, -0.25) is 9.59 Å². The van der Waals surface area contributed by atoms with Crippen LogP contribution in [0.5, 0.6) is 0 Å². The summed E-state index contributed by atoms with van der Waals surface area (Å²) in [6.45, 7) is 0. The van der Waals surface area contributed by atoms with E-state index in [2.05, 4.69) is 0 Å². The molecule has 1 aliphatic carbocycles. The van der Waals surface area contributed by atoms with Gasteiger partial charge in [-0.2, -0.15) is 0 Å². The van der Waals surface area contributed by atoms with E-state index in [4.69, 9.17) is 4.74 Å². The highest BCUT2D eigenvalue weighted by atomic mass is 16.5. The van der Waals surface area contributed by atoms with Gasteiger partial charge in [-0.1, -0.05) is 30.3 Å². The largest absolute Gasteiger partial charge is 0.468 e. The van der Waals surface area contributed by atoms with E-state index in [-0.39, 0.29) is 11.7 Å². The molecule has 0 spiro atoms. The molecule has 0 amide bonds. The monoisotopic (exact) mass is 218 g/mol. The zero-order valence-corrected chi connectivity index (χ0v) is 9.18. The van der Waals surface area contributed by atoms with E-state index < -0.39 is 11.9 Å². The van der Waals surface area contributed by atoms with Crippen molar-refractivity contribution in [1.29, 1.82) is 0 Å². The number of benzene rings is 1. The third kappa shape index (κ3) is 1.85. The molecule has 0 aromatic heterocycles. The highest BCUT2D eigenvalue weighted by Crippen LogP contribution is 2.37. The second-order valence-corrected chi connectivity index (χ2v) is 4.02. The molecule has 16 heavy (non-hydrogen) atoms. The van der Waals surface area contributed by atoms with Crippen LogP contribution in [-0.4, -0.2) is 18.9 Å². The van der Waals surface area contributed by atoms with Gasteiger partial charge in [0.25, 0.3) is 0 Å². The number of ketones is 1. The fourth-order valence-electron chi connectivity index (χ4n) is 2.33. The molecule has 84 valence electrons. The van der Waals surface area contributed by atoms with Crippen LogP contribution < -0.4 is 0 Å². The molecule has 1 fully saturated rings. The first-order valence-electron chi connectivity index (χ1n) is 5.39. The van der Waals surface area contributed by atoms with Crippen molar-refractivity contribution in [3.63, 3.8) is 0 Å². The molecule has 1 aliphatic rings. The first-order chi connectivity index (χ1) is 7.74. The first kappa shape index (κ1) is 10.9. The average Bonchev–Trinajstić information content (AvgIpc) is 2.71. The Bertz CT molecular complexity index is 397. The van der Waals surface area contributed by atoms with Crippen LogP contribution in [0.4, 0.5) is 0 Å². The maximum atomic E-state index is 11.7. The van der Waals surface area contributed by atoms with Gasteiger partial charge in [-0.25, -0.2) is 0 Å². The highest BCUT2D eigenvalue weighted by Gasteiger charge is 2.41. The maximum Gasteiger partial charge on any atom is 0.316 e. The van der Waals surface area contributed by atoms with Gasteiger partial charge in [-0.05, 0) is 12.0 Å². The molecule has 1 aromatic carbocycles. The molecule has 0 aliphatic heterocycles. The van der Waals surface area contributed by atoms with Crippen LogP contribution in [0.25, 0.3) is 0 Å². The zero-order valence-electron chi connectivity index (χ0n) is 9.18. The lowest BCUT2D eigenvalue weighted by molar-refractivity contribution is -0.148. The molecular formula is C13H14O3. The molecular weight excluding hydrogens is 204 g/mol. The van der Waals surface area contributed by atoms with E-state index in [0.717, 1.165) is 12.0 Å². The first-order valence-corrected chi connectivity index (χ1v) is 5.39. The number of hydrogen-bond donors (Lipinski definition) is 0. The Hall–Kier alpha value is -1.64. The van der Waals surface area contributed by atoms with Crippen molar-refractivity contribution < 1.29 is 14.3 Å². The van der Waals surface area contributed by atoms with Crippen LogP contribution in [0.2, 0.25) is 0 Å². The fourth-order valence-corrected chi connectivity index (χ4v) is 2.33. The molecule has 3 heteroatoms. The fraction of sp³-hybridized carbons (Fsp3) is 0.385. The van der Waals surface area contributed by atoms with Crippen LogP contribution in [-0.2, 0) is 14.3 Å². The Morgan fingerprint density at radius 1 is 1.31 bits per heavy atom. The molecule has 0 saturated heterocycles. The number of Topliss-reactive ketones (excluding diaryl/α,β-unsaturated/α-hetero) is 1. The number of rotatable bonds is 2. The number of carbonyl (C=O) groups is 2. The SMILES string of the molecule is COC(=O)[C@@H]1C(=O)CC[C@H]1c1ccccc1. The third-order valence-electron chi connectivity index (χ3n) is 3.13. The maximum absolute atomic E-state index is 11.7. The van der Waals surface area contributed by atoms with E-state index in [1.54, 1.807) is 0 Å². The van der Waals surface area contributed by atoms with Crippen molar-refractivity contribution in [3.05, 3.63) is 35.9 Å². The van der Waals surface area contributed by atoms with E-state index in [9.17, 15) is 9.59 Å². The molecule has 0 unspecified atom stereocenters. The van der Waals surface area contributed by atoms with Crippen LogP contribution >= 0.6 is 0 Å². The standard InChI is InChI=1S/C13H14O3/c1-16-13(15)12-10(7-8-11(12)14)9-5-3-2-4-6-9/h2-6,10,12H,7-8H2,1H3/t10-,12-/m0/s1. The van der Waals surface area contributed by atoms with Crippen LogP contribution in [0.3, 0.4) is 0 Å². The summed E-state index contributed by atoms with van der Waals surface area (Å²) >= 11 is 0. The topological polar surface area (TPSA) is 43.4 Å². The molecule has 0 bridgehead atoms. The zero-order chi connectivity index (χ0) is 11.5. The van der Waals surface area contributed by atoms with Gasteiger partial charge >= 0.3 is 5.97 Å². The van der Waals surface area contributed by atoms with E-state index in [1.807, 2.05) is 30.3 Å². The van der Waals surface area contributed by atoms with Crippen LogP contribution in [0.1, 0.15) is 24.3 Å². The smallest absolute Gasteiger partial charge is 0.316 e. The summed E-state index contributed by atoms with van der Waals surface area (Å²) in [6, 6.07) is 9.69. The van der Waals surface area contributed by atoms with Gasteiger partial charge in [0.15, 0.2) is 0 Å². The number of methoxy groups -OCH3 is 1. The Balaban J connectivity index is 2.28. The number of carbonyl (C=O) groups excluding carboxylic acids is 2. The Morgan fingerprint density at radius 2 is 2.00 bits per heavy atom. The Morgan fingerprint density at radius 3 is 2.62 bits per heavy atom. The van der Waals surface area contributed by atoms with Gasteiger partial charge in [0.05, 0.1) is 7.11 Å². The normalized spacial score (nSPS) is 24.4. The minimum atomic E-state index is -0.604. The summed E-state index contributed by atoms with van der Waals surface area (Å²) in [7, 11) is 1.33. The Kier molecular flexibility index (Phi) is 3.04. The van der Waals surface area contributed by atoms with E-state index in [1.165, 1.54) is 7.11 Å². The number of hydrogen-bond acceptors (Lipinski definition) is 3. The van der Waals surface area contributed by atoms with Gasteiger partial charge in [0, 0.05) is 12.3 Å². The molecule has 0 radical (unpaired) electrons. The van der Waals surface area contributed by atoms with E-state index in [0.29, 0.717) is 6.42 Å². The van der Waals surface area contributed by atoms with Crippen molar-refractivity contribution in [1.82, 2.24) is 0 Å². The summed E-state index contributed by atoms with van der Waals surface area (Å²) in [4.78, 5) is 23.2. The second-order valence-electron chi connectivity index (χ2n) is 4.02.